The predicted octanol–water partition coefficient (Wildman–Crippen LogP) is 22.2. The van der Waals surface area contributed by atoms with Crippen molar-refractivity contribution in [3.8, 4) is 0 Å². The van der Waals surface area contributed by atoms with Crippen molar-refractivity contribution in [3.63, 3.8) is 0 Å². The SMILES string of the molecule is CC/C=C\C/C=C\C/C=C\C/C=C\C/C=C\C/C=C\C/C=C\C/C=C\C/C=C\C/C=C\CCCCCCCCCCC(=O)OC(COC(=O)CCCC/C=C\C/C=C\C/C=C\C/C=C\C/C=C\C/C=C\C/C=C\C/C=C\CC)COP(=O)([O-])OCC[N+](C)(C)C. The summed E-state index contributed by atoms with van der Waals surface area (Å²) in [4.78, 5) is 38.0. The minimum absolute atomic E-state index is 0.0528. The molecule has 0 saturated carbocycles. The van der Waals surface area contributed by atoms with Gasteiger partial charge in [-0.2, -0.15) is 0 Å². The van der Waals surface area contributed by atoms with Crippen LogP contribution in [-0.2, 0) is 32.7 Å². The van der Waals surface area contributed by atoms with Gasteiger partial charge in [-0.25, -0.2) is 0 Å². The van der Waals surface area contributed by atoms with E-state index in [0.717, 1.165) is 154 Å². The van der Waals surface area contributed by atoms with E-state index < -0.39 is 32.5 Å². The second-order valence-electron chi connectivity index (χ2n) is 23.1. The third kappa shape index (κ3) is 71.4. The van der Waals surface area contributed by atoms with E-state index in [1.807, 2.05) is 21.1 Å². The van der Waals surface area contributed by atoms with Gasteiger partial charge in [0.15, 0.2) is 6.10 Å². The second-order valence-corrected chi connectivity index (χ2v) is 24.5. The van der Waals surface area contributed by atoms with Crippen LogP contribution < -0.4 is 4.89 Å². The molecule has 0 aliphatic rings. The van der Waals surface area contributed by atoms with E-state index in [-0.39, 0.29) is 26.1 Å². The van der Waals surface area contributed by atoms with E-state index in [1.165, 1.54) is 25.7 Å². The third-order valence-electron chi connectivity index (χ3n) is 13.5. The molecule has 0 aliphatic carbocycles. The minimum Gasteiger partial charge on any atom is -0.756 e. The van der Waals surface area contributed by atoms with Crippen molar-refractivity contribution in [1.29, 1.82) is 0 Å². The monoisotopic (exact) mass is 1260 g/mol. The van der Waals surface area contributed by atoms with Gasteiger partial charge in [-0.15, -0.1) is 0 Å². The van der Waals surface area contributed by atoms with Crippen molar-refractivity contribution < 1.29 is 42.1 Å². The molecule has 0 aliphatic heterocycles. The second kappa shape index (κ2) is 67.7. The lowest BCUT2D eigenvalue weighted by molar-refractivity contribution is -0.870. The Morgan fingerprint density at radius 2 is 0.600 bits per heavy atom. The van der Waals surface area contributed by atoms with Gasteiger partial charge >= 0.3 is 11.9 Å². The minimum atomic E-state index is -4.67. The lowest BCUT2D eigenvalue weighted by Gasteiger charge is -2.28. The Kier molecular flexibility index (Phi) is 63.4. The molecule has 502 valence electrons. The molecule has 0 amide bonds. The number of allylic oxidation sites excluding steroid dienone is 36. The number of carbonyl (C=O) groups excluding carboxylic acids is 2. The molecule has 0 fully saturated rings. The fourth-order valence-corrected chi connectivity index (χ4v) is 9.01. The zero-order chi connectivity index (χ0) is 65.5. The van der Waals surface area contributed by atoms with Crippen molar-refractivity contribution in [2.24, 2.45) is 0 Å². The number of quaternary nitrogens is 1. The van der Waals surface area contributed by atoms with Crippen LogP contribution >= 0.6 is 7.82 Å². The van der Waals surface area contributed by atoms with Crippen LogP contribution in [0, 0.1) is 0 Å². The highest BCUT2D eigenvalue weighted by atomic mass is 31.2. The van der Waals surface area contributed by atoms with Crippen molar-refractivity contribution in [2.75, 3.05) is 47.5 Å². The number of hydrogen-bond acceptors (Lipinski definition) is 8. The average molecular weight is 1260 g/mol. The molecular formula is C80H124NO8P. The molecule has 2 atom stereocenters. The molecule has 90 heavy (non-hydrogen) atoms. The van der Waals surface area contributed by atoms with Gasteiger partial charge in [-0.3, -0.25) is 14.2 Å². The first-order valence-electron chi connectivity index (χ1n) is 34.4. The number of ether oxygens (including phenoxy) is 2. The van der Waals surface area contributed by atoms with Gasteiger partial charge in [0.1, 0.15) is 19.8 Å². The van der Waals surface area contributed by atoms with Gasteiger partial charge in [0.25, 0.3) is 7.82 Å². The van der Waals surface area contributed by atoms with E-state index in [4.69, 9.17) is 18.5 Å². The summed E-state index contributed by atoms with van der Waals surface area (Å²) in [6, 6.07) is 0. The third-order valence-corrected chi connectivity index (χ3v) is 14.5. The number of phosphoric acid groups is 1. The molecule has 0 saturated heterocycles. The first-order chi connectivity index (χ1) is 44.0. The van der Waals surface area contributed by atoms with Crippen molar-refractivity contribution >= 4 is 19.8 Å². The van der Waals surface area contributed by atoms with Crippen LogP contribution in [0.1, 0.15) is 219 Å². The van der Waals surface area contributed by atoms with Crippen LogP contribution in [0.5, 0.6) is 0 Å². The maximum Gasteiger partial charge on any atom is 0.306 e. The molecule has 0 N–H and O–H groups in total. The van der Waals surface area contributed by atoms with Gasteiger partial charge in [0.05, 0.1) is 27.7 Å². The summed E-state index contributed by atoms with van der Waals surface area (Å²) in [6.07, 6.45) is 109. The number of phosphoric ester groups is 1. The average Bonchev–Trinajstić information content (AvgIpc) is 3.58. The summed E-state index contributed by atoms with van der Waals surface area (Å²) in [7, 11) is 1.10. The largest absolute Gasteiger partial charge is 0.756 e. The van der Waals surface area contributed by atoms with Gasteiger partial charge < -0.3 is 27.9 Å². The first-order valence-corrected chi connectivity index (χ1v) is 35.9. The highest BCUT2D eigenvalue weighted by Crippen LogP contribution is 2.38. The fraction of sp³-hybridized carbons (Fsp3) is 0.525. The van der Waals surface area contributed by atoms with Crippen molar-refractivity contribution in [3.05, 3.63) is 219 Å². The normalized spacial score (nSPS) is 14.5. The summed E-state index contributed by atoms with van der Waals surface area (Å²) >= 11 is 0. The number of carbonyl (C=O) groups is 2. The highest BCUT2D eigenvalue weighted by Gasteiger charge is 2.22. The Balaban J connectivity index is 4.24. The number of rotatable bonds is 60. The fourth-order valence-electron chi connectivity index (χ4n) is 8.29. The molecule has 0 bridgehead atoms. The molecule has 0 radical (unpaired) electrons. The molecule has 0 rings (SSSR count). The predicted molar refractivity (Wildman–Crippen MR) is 387 cm³/mol. The van der Waals surface area contributed by atoms with Gasteiger partial charge in [0, 0.05) is 12.8 Å². The number of nitrogens with zero attached hydrogens (tertiary/aromatic N) is 1. The number of hydrogen-bond donors (Lipinski definition) is 0. The molecule has 0 spiro atoms. The Bertz CT molecular complexity index is 2320. The Morgan fingerprint density at radius 3 is 0.911 bits per heavy atom. The summed E-state index contributed by atoms with van der Waals surface area (Å²) < 4.78 is 34.2. The van der Waals surface area contributed by atoms with E-state index >= 15 is 0 Å². The van der Waals surface area contributed by atoms with E-state index in [0.29, 0.717) is 23.9 Å². The summed E-state index contributed by atoms with van der Waals surface area (Å²) in [5.74, 6) is -0.913. The summed E-state index contributed by atoms with van der Waals surface area (Å²) in [6.45, 7) is 3.91. The van der Waals surface area contributed by atoms with Crippen LogP contribution in [0.25, 0.3) is 0 Å². The van der Waals surface area contributed by atoms with Gasteiger partial charge in [-0.1, -0.05) is 271 Å². The highest BCUT2D eigenvalue weighted by molar-refractivity contribution is 7.45. The molecule has 0 aromatic heterocycles. The molecular weight excluding hydrogens is 1130 g/mol. The van der Waals surface area contributed by atoms with E-state index in [9.17, 15) is 19.0 Å². The molecule has 10 heteroatoms. The van der Waals surface area contributed by atoms with Crippen LogP contribution in [0.4, 0.5) is 0 Å². The van der Waals surface area contributed by atoms with Crippen LogP contribution in [0.2, 0.25) is 0 Å². The van der Waals surface area contributed by atoms with Crippen molar-refractivity contribution in [2.45, 2.75) is 225 Å². The first kappa shape index (κ1) is 84.3. The molecule has 0 heterocycles. The molecule has 2 unspecified atom stereocenters. The smallest absolute Gasteiger partial charge is 0.306 e. The van der Waals surface area contributed by atoms with Gasteiger partial charge in [-0.05, 0) is 154 Å². The molecule has 0 aromatic carbocycles. The zero-order valence-electron chi connectivity index (χ0n) is 57.0. The lowest BCUT2D eigenvalue weighted by Crippen LogP contribution is -2.37. The topological polar surface area (TPSA) is 111 Å². The summed E-state index contributed by atoms with van der Waals surface area (Å²) in [5, 5.41) is 0. The van der Waals surface area contributed by atoms with Crippen molar-refractivity contribution in [1.82, 2.24) is 0 Å². The molecule has 9 nitrogen and oxygen atoms in total. The number of likely N-dealkylation sites (N-methyl/N-ethyl adjacent to an activating group) is 1. The lowest BCUT2D eigenvalue weighted by atomic mass is 10.1. The van der Waals surface area contributed by atoms with Crippen LogP contribution in [0.15, 0.2) is 219 Å². The Labute approximate surface area is 550 Å². The maximum absolute atomic E-state index is 12.9. The molecule has 0 aromatic rings. The Hall–Kier alpha value is -5.67. The van der Waals surface area contributed by atoms with E-state index in [2.05, 4.69) is 233 Å². The maximum atomic E-state index is 12.9. The van der Waals surface area contributed by atoms with Crippen LogP contribution in [0.3, 0.4) is 0 Å². The zero-order valence-corrected chi connectivity index (χ0v) is 57.9. The number of esters is 2. The van der Waals surface area contributed by atoms with E-state index in [1.54, 1.807) is 0 Å². The Morgan fingerprint density at radius 1 is 0.344 bits per heavy atom. The quantitative estimate of drug-likeness (QED) is 0.0195. The summed E-state index contributed by atoms with van der Waals surface area (Å²) in [5.41, 5.74) is 0. The standard InChI is InChI=1S/C80H124NO8P/c1-6-8-10-12-14-16-18-20-22-24-26-28-30-32-34-35-36-37-38-39-40-41-42-43-44-45-47-49-51-53-55-57-59-61-63-65-67-69-71-73-80(83)89-78(77-88-90(84,85)87-75-74-81(3,4)5)76-86-79(82)72-70-68-66-64-62-60-58-56-54-52-50-48-46-33-31-29-27-25-23-21-19-17-15-13-11-9-7-2/h8-11,14-17,20-23,26-29,32-34,36-37,39-40,42-43,45-47,50-53,56,58,62,64,78H,6-7,12-13,18-19,24-25,30-31,35,38,41,44,48-49,54-55,57,59-61,63,65-77H2,1-5H3/b10-8-,11-9-,16-14-,17-15-,22-20-,23-21-,28-26-,29-27-,34-32-,37-36-,40-39-,43-42-,46-33-,47-45-,52-50-,53-51-,58-56-,64-62-. The van der Waals surface area contributed by atoms with Crippen LogP contribution in [-0.4, -0.2) is 70.0 Å². The van der Waals surface area contributed by atoms with Gasteiger partial charge in [0.2, 0.25) is 0 Å². The number of unbranched alkanes of at least 4 members (excludes halogenated alkanes) is 10.